The van der Waals surface area contributed by atoms with E-state index in [2.05, 4.69) is 28.7 Å². The molecule has 0 N–H and O–H groups in total. The Kier molecular flexibility index (Phi) is 6.95. The smallest absolute Gasteiger partial charge is 0.422 e. The van der Waals surface area contributed by atoms with Crippen molar-refractivity contribution in [3.05, 3.63) is 36.3 Å². The number of alkyl halides is 3. The summed E-state index contributed by atoms with van der Waals surface area (Å²) in [5.74, 6) is 0.230. The molecule has 0 bridgehead atoms. The van der Waals surface area contributed by atoms with Crippen LogP contribution in [0.4, 0.5) is 29.2 Å². The molecule has 0 saturated carbocycles. The Balaban J connectivity index is 1.78. The average Bonchev–Trinajstić information content (AvgIpc) is 2.72. The molecular weight excluding hydrogens is 420 g/mol. The predicted molar refractivity (Wildman–Crippen MR) is 110 cm³/mol. The number of nitrogens with zero attached hydrogens (tertiary/aromatic N) is 4. The van der Waals surface area contributed by atoms with Gasteiger partial charge >= 0.3 is 6.18 Å². The highest BCUT2D eigenvalue weighted by Gasteiger charge is 2.32. The molecule has 0 spiro atoms. The van der Waals surface area contributed by atoms with Crippen LogP contribution >= 0.6 is 11.8 Å². The van der Waals surface area contributed by atoms with Crippen molar-refractivity contribution in [2.45, 2.75) is 31.0 Å². The summed E-state index contributed by atoms with van der Waals surface area (Å²) in [5, 5.41) is 0. The summed E-state index contributed by atoms with van der Waals surface area (Å²) in [7, 11) is 0. The number of piperazine rings is 1. The third kappa shape index (κ3) is 5.47. The van der Waals surface area contributed by atoms with Crippen LogP contribution in [-0.4, -0.2) is 54.7 Å². The lowest BCUT2D eigenvalue weighted by Crippen LogP contribution is -2.56. The minimum absolute atomic E-state index is 0.0272. The van der Waals surface area contributed by atoms with Crippen LogP contribution in [-0.2, 0) is 0 Å². The molecule has 1 fully saturated rings. The van der Waals surface area contributed by atoms with Gasteiger partial charge in [0.25, 0.3) is 0 Å². The van der Waals surface area contributed by atoms with Crippen LogP contribution in [0, 0.1) is 11.7 Å². The molecule has 1 aromatic heterocycles. The summed E-state index contributed by atoms with van der Waals surface area (Å²) in [6, 6.07) is 6.43. The van der Waals surface area contributed by atoms with Gasteiger partial charge in [0, 0.05) is 42.5 Å². The van der Waals surface area contributed by atoms with Gasteiger partial charge in [0.2, 0.25) is 11.8 Å². The number of thioether (sulfide) groups is 1. The van der Waals surface area contributed by atoms with Crippen LogP contribution < -0.4 is 14.5 Å². The Morgan fingerprint density at radius 1 is 1.23 bits per heavy atom. The minimum Gasteiger partial charge on any atom is -0.468 e. The van der Waals surface area contributed by atoms with Crippen molar-refractivity contribution in [2.24, 2.45) is 5.92 Å². The molecule has 164 valence electrons. The van der Waals surface area contributed by atoms with Crippen molar-refractivity contribution in [2.75, 3.05) is 42.3 Å². The molecule has 5 nitrogen and oxygen atoms in total. The van der Waals surface area contributed by atoms with Crippen molar-refractivity contribution in [1.29, 1.82) is 0 Å². The molecule has 1 saturated heterocycles. The second-order valence-corrected chi connectivity index (χ2v) is 8.22. The number of benzene rings is 1. The number of halogens is 4. The monoisotopic (exact) mass is 444 g/mol. The molecule has 3 rings (SSSR count). The predicted octanol–water partition coefficient (Wildman–Crippen LogP) is 4.63. The zero-order valence-electron chi connectivity index (χ0n) is 17.0. The van der Waals surface area contributed by atoms with E-state index in [9.17, 15) is 17.6 Å². The zero-order valence-corrected chi connectivity index (χ0v) is 17.8. The summed E-state index contributed by atoms with van der Waals surface area (Å²) in [6.07, 6.45) is -1.19. The first-order valence-electron chi connectivity index (χ1n) is 9.55. The fourth-order valence-corrected chi connectivity index (χ4v) is 3.92. The van der Waals surface area contributed by atoms with Gasteiger partial charge in [-0.3, -0.25) is 0 Å². The Morgan fingerprint density at radius 3 is 2.67 bits per heavy atom. The van der Waals surface area contributed by atoms with Gasteiger partial charge in [-0.1, -0.05) is 13.8 Å². The van der Waals surface area contributed by atoms with E-state index in [1.165, 1.54) is 30.1 Å². The number of aromatic nitrogens is 2. The average molecular weight is 444 g/mol. The van der Waals surface area contributed by atoms with Gasteiger partial charge in [-0.15, -0.1) is 11.8 Å². The maximum absolute atomic E-state index is 13.9. The zero-order chi connectivity index (χ0) is 21.9. The lowest BCUT2D eigenvalue weighted by molar-refractivity contribution is -0.154. The molecule has 0 radical (unpaired) electrons. The molecule has 30 heavy (non-hydrogen) atoms. The maximum atomic E-state index is 13.9. The minimum atomic E-state index is -4.43. The first-order valence-corrected chi connectivity index (χ1v) is 10.8. The number of hydrogen-bond donors (Lipinski definition) is 0. The van der Waals surface area contributed by atoms with Crippen LogP contribution in [0.15, 0.2) is 35.4 Å². The van der Waals surface area contributed by atoms with E-state index in [1.807, 2.05) is 17.2 Å². The van der Waals surface area contributed by atoms with Crippen LogP contribution in [0.5, 0.6) is 5.88 Å². The second-order valence-electron chi connectivity index (χ2n) is 7.37. The van der Waals surface area contributed by atoms with E-state index in [4.69, 9.17) is 4.74 Å². The van der Waals surface area contributed by atoms with E-state index in [0.29, 0.717) is 30.5 Å². The highest BCUT2D eigenvalue weighted by molar-refractivity contribution is 7.98. The quantitative estimate of drug-likeness (QED) is 0.478. The van der Waals surface area contributed by atoms with Crippen LogP contribution in [0.3, 0.4) is 0 Å². The highest BCUT2D eigenvalue weighted by Crippen LogP contribution is 2.30. The number of rotatable bonds is 6. The third-order valence-corrected chi connectivity index (χ3v) is 5.70. The summed E-state index contributed by atoms with van der Waals surface area (Å²) >= 11 is 1.36. The standard InChI is InChI=1S/C20H24F4N4OS/c1-13(2)16-11-27(14-4-5-15(21)17(10-14)30-3)8-9-28(16)19-25-7-6-18(26-19)29-12-20(22,23)24/h4-7,10,13,16H,8-9,11-12H2,1-3H3. The molecule has 1 aliphatic rings. The topological polar surface area (TPSA) is 41.5 Å². The molecule has 0 amide bonds. The number of hydrogen-bond acceptors (Lipinski definition) is 6. The van der Waals surface area contributed by atoms with E-state index in [0.717, 1.165) is 5.69 Å². The fraction of sp³-hybridized carbons (Fsp3) is 0.500. The summed E-state index contributed by atoms with van der Waals surface area (Å²) in [5.41, 5.74) is 0.939. The highest BCUT2D eigenvalue weighted by atomic mass is 32.2. The maximum Gasteiger partial charge on any atom is 0.422 e. The first kappa shape index (κ1) is 22.5. The normalized spacial score (nSPS) is 17.5. The van der Waals surface area contributed by atoms with Gasteiger partial charge < -0.3 is 14.5 Å². The lowest BCUT2D eigenvalue weighted by Gasteiger charge is -2.44. The third-order valence-electron chi connectivity index (χ3n) is 4.95. The van der Waals surface area contributed by atoms with Crippen molar-refractivity contribution >= 4 is 23.4 Å². The Morgan fingerprint density at radius 2 is 2.00 bits per heavy atom. The first-order chi connectivity index (χ1) is 14.2. The summed E-state index contributed by atoms with van der Waals surface area (Å²) in [4.78, 5) is 13.2. The SMILES string of the molecule is CSc1cc(N2CCN(c3nccc(OCC(F)(F)F)n3)C(C(C)C)C2)ccc1F. The van der Waals surface area contributed by atoms with Gasteiger partial charge in [-0.25, -0.2) is 9.37 Å². The van der Waals surface area contributed by atoms with Gasteiger partial charge in [0.1, 0.15) is 5.82 Å². The van der Waals surface area contributed by atoms with Crippen molar-refractivity contribution in [3.63, 3.8) is 0 Å². The second kappa shape index (κ2) is 9.28. The van der Waals surface area contributed by atoms with Gasteiger partial charge in [0.15, 0.2) is 6.61 Å². The van der Waals surface area contributed by atoms with Crippen LogP contribution in [0.25, 0.3) is 0 Å². The molecule has 1 aliphatic heterocycles. The summed E-state index contributed by atoms with van der Waals surface area (Å²) in [6.45, 7) is 4.64. The van der Waals surface area contributed by atoms with Crippen molar-refractivity contribution < 1.29 is 22.3 Å². The Labute approximate surface area is 177 Å². The number of ether oxygens (including phenoxy) is 1. The van der Waals surface area contributed by atoms with Crippen LogP contribution in [0.2, 0.25) is 0 Å². The lowest BCUT2D eigenvalue weighted by atomic mass is 9.99. The molecule has 1 atom stereocenters. The molecule has 1 aromatic carbocycles. The van der Waals surface area contributed by atoms with Crippen molar-refractivity contribution in [3.8, 4) is 5.88 Å². The number of anilines is 2. The van der Waals surface area contributed by atoms with Crippen molar-refractivity contribution in [1.82, 2.24) is 9.97 Å². The molecule has 2 heterocycles. The summed E-state index contributed by atoms with van der Waals surface area (Å²) < 4.78 is 55.9. The van der Waals surface area contributed by atoms with E-state index < -0.39 is 12.8 Å². The molecule has 0 aliphatic carbocycles. The Bertz CT molecular complexity index is 865. The molecule has 10 heteroatoms. The van der Waals surface area contributed by atoms with Crippen LogP contribution in [0.1, 0.15) is 13.8 Å². The molecule has 2 aromatic rings. The van der Waals surface area contributed by atoms with E-state index in [1.54, 1.807) is 6.07 Å². The fourth-order valence-electron chi connectivity index (χ4n) is 3.42. The van der Waals surface area contributed by atoms with Gasteiger partial charge in [-0.05, 0) is 30.4 Å². The van der Waals surface area contributed by atoms with Gasteiger partial charge in [-0.2, -0.15) is 18.2 Å². The molecule has 1 unspecified atom stereocenters. The van der Waals surface area contributed by atoms with Gasteiger partial charge in [0.05, 0.1) is 6.04 Å². The van der Waals surface area contributed by atoms with E-state index in [-0.39, 0.29) is 23.7 Å². The Hall–Kier alpha value is -2.23. The molecular formula is C20H24F4N4OS. The van der Waals surface area contributed by atoms with E-state index >= 15 is 0 Å². The largest absolute Gasteiger partial charge is 0.468 e.